The quantitative estimate of drug-likeness (QED) is 0.642. The first kappa shape index (κ1) is 11.0. The largest absolute Gasteiger partial charge is 0.325 e. The zero-order valence-electron chi connectivity index (χ0n) is 8.94. The fraction of sp³-hybridized carbons (Fsp3) is 1.00. The van der Waals surface area contributed by atoms with Crippen LogP contribution in [0.2, 0.25) is 0 Å². The maximum absolute atomic E-state index is 6.30. The smallest absolute Gasteiger partial charge is 0.0166 e. The summed E-state index contributed by atoms with van der Waals surface area (Å²) >= 11 is 0. The molecule has 0 atom stereocenters. The lowest BCUT2D eigenvalue weighted by molar-refractivity contribution is 0.275. The average Bonchev–Trinajstić information content (AvgIpc) is 2.14. The molecule has 0 spiro atoms. The molecular weight excluding hydrogens is 160 g/mol. The molecule has 0 heterocycles. The first-order chi connectivity index (χ1) is 6.27. The van der Waals surface area contributed by atoms with Gasteiger partial charge in [-0.3, -0.25) is 0 Å². The molecular formula is C11H24N2. The predicted molar refractivity (Wildman–Crippen MR) is 57.8 cm³/mol. The highest BCUT2D eigenvalue weighted by Gasteiger charge is 2.26. The summed E-state index contributed by atoms with van der Waals surface area (Å²) in [5.74, 6) is 0. The summed E-state index contributed by atoms with van der Waals surface area (Å²) in [6.07, 6.45) is 8.92. The third-order valence-electron chi connectivity index (χ3n) is 3.08. The summed E-state index contributed by atoms with van der Waals surface area (Å²) < 4.78 is 0. The molecule has 2 heteroatoms. The van der Waals surface area contributed by atoms with Crippen molar-refractivity contribution in [2.45, 2.75) is 57.4 Å². The van der Waals surface area contributed by atoms with Gasteiger partial charge in [-0.25, -0.2) is 0 Å². The highest BCUT2D eigenvalue weighted by atomic mass is 14.9. The topological polar surface area (TPSA) is 38.0 Å². The van der Waals surface area contributed by atoms with Gasteiger partial charge in [0.1, 0.15) is 0 Å². The van der Waals surface area contributed by atoms with Crippen LogP contribution >= 0.6 is 0 Å². The SMILES string of the molecule is CCCNCCC1(N)CCCCC1. The molecule has 1 saturated carbocycles. The van der Waals surface area contributed by atoms with Crippen LogP contribution in [0.5, 0.6) is 0 Å². The third kappa shape index (κ3) is 4.10. The maximum Gasteiger partial charge on any atom is 0.0166 e. The first-order valence-electron chi connectivity index (χ1n) is 5.76. The van der Waals surface area contributed by atoms with Crippen LogP contribution < -0.4 is 11.1 Å². The lowest BCUT2D eigenvalue weighted by Crippen LogP contribution is -2.44. The van der Waals surface area contributed by atoms with Gasteiger partial charge in [-0.1, -0.05) is 26.2 Å². The summed E-state index contributed by atoms with van der Waals surface area (Å²) in [5.41, 5.74) is 6.47. The van der Waals surface area contributed by atoms with Crippen molar-refractivity contribution in [1.82, 2.24) is 5.32 Å². The molecule has 13 heavy (non-hydrogen) atoms. The molecule has 1 fully saturated rings. The van der Waals surface area contributed by atoms with E-state index in [4.69, 9.17) is 5.73 Å². The van der Waals surface area contributed by atoms with Gasteiger partial charge in [-0.05, 0) is 38.8 Å². The minimum atomic E-state index is 0.166. The normalized spacial score (nSPS) is 21.7. The van der Waals surface area contributed by atoms with Crippen molar-refractivity contribution >= 4 is 0 Å². The van der Waals surface area contributed by atoms with Crippen molar-refractivity contribution < 1.29 is 0 Å². The van der Waals surface area contributed by atoms with E-state index in [2.05, 4.69) is 12.2 Å². The van der Waals surface area contributed by atoms with Gasteiger partial charge in [-0.15, -0.1) is 0 Å². The Bertz CT molecular complexity index is 128. The molecule has 2 nitrogen and oxygen atoms in total. The highest BCUT2D eigenvalue weighted by molar-refractivity contribution is 4.87. The van der Waals surface area contributed by atoms with Crippen molar-refractivity contribution in [3.05, 3.63) is 0 Å². The van der Waals surface area contributed by atoms with E-state index in [1.165, 1.54) is 38.5 Å². The average molecular weight is 184 g/mol. The van der Waals surface area contributed by atoms with E-state index < -0.39 is 0 Å². The zero-order valence-corrected chi connectivity index (χ0v) is 8.94. The van der Waals surface area contributed by atoms with Gasteiger partial charge < -0.3 is 11.1 Å². The molecule has 0 bridgehead atoms. The van der Waals surface area contributed by atoms with Crippen LogP contribution in [0.3, 0.4) is 0 Å². The van der Waals surface area contributed by atoms with E-state index in [-0.39, 0.29) is 5.54 Å². The predicted octanol–water partition coefficient (Wildman–Crippen LogP) is 2.04. The van der Waals surface area contributed by atoms with Crippen molar-refractivity contribution in [3.8, 4) is 0 Å². The fourth-order valence-electron chi connectivity index (χ4n) is 2.15. The summed E-state index contributed by atoms with van der Waals surface area (Å²) in [6.45, 7) is 4.44. The van der Waals surface area contributed by atoms with E-state index in [9.17, 15) is 0 Å². The fourth-order valence-corrected chi connectivity index (χ4v) is 2.15. The van der Waals surface area contributed by atoms with Crippen LogP contribution in [-0.2, 0) is 0 Å². The number of rotatable bonds is 5. The Labute approximate surface area is 82.3 Å². The van der Waals surface area contributed by atoms with Gasteiger partial charge in [0.25, 0.3) is 0 Å². The molecule has 0 aliphatic heterocycles. The van der Waals surface area contributed by atoms with Crippen molar-refractivity contribution in [1.29, 1.82) is 0 Å². The van der Waals surface area contributed by atoms with Crippen LogP contribution in [0, 0.1) is 0 Å². The Morgan fingerprint density at radius 3 is 2.46 bits per heavy atom. The Kier molecular flexibility index (Phi) is 4.74. The molecule has 1 rings (SSSR count). The number of nitrogens with two attached hydrogens (primary N) is 1. The van der Waals surface area contributed by atoms with Crippen molar-refractivity contribution in [3.63, 3.8) is 0 Å². The minimum absolute atomic E-state index is 0.166. The molecule has 78 valence electrons. The molecule has 0 saturated heterocycles. The van der Waals surface area contributed by atoms with Crippen LogP contribution in [0.4, 0.5) is 0 Å². The van der Waals surface area contributed by atoms with E-state index >= 15 is 0 Å². The van der Waals surface area contributed by atoms with Crippen LogP contribution in [-0.4, -0.2) is 18.6 Å². The van der Waals surface area contributed by atoms with E-state index in [1.54, 1.807) is 0 Å². The van der Waals surface area contributed by atoms with Crippen LogP contribution in [0.25, 0.3) is 0 Å². The summed E-state index contributed by atoms with van der Waals surface area (Å²) in [7, 11) is 0. The van der Waals surface area contributed by atoms with Gasteiger partial charge in [0.15, 0.2) is 0 Å². The number of hydrogen-bond acceptors (Lipinski definition) is 2. The molecule has 1 aliphatic rings. The Balaban J connectivity index is 2.10. The van der Waals surface area contributed by atoms with E-state index in [1.807, 2.05) is 0 Å². The molecule has 0 radical (unpaired) electrons. The molecule has 0 aromatic heterocycles. The lowest BCUT2D eigenvalue weighted by atomic mass is 9.80. The minimum Gasteiger partial charge on any atom is -0.325 e. The molecule has 0 amide bonds. The molecule has 1 aliphatic carbocycles. The van der Waals surface area contributed by atoms with Gasteiger partial charge in [0, 0.05) is 5.54 Å². The summed E-state index contributed by atoms with van der Waals surface area (Å²) in [6, 6.07) is 0. The zero-order chi connectivity index (χ0) is 9.57. The first-order valence-corrected chi connectivity index (χ1v) is 5.76. The van der Waals surface area contributed by atoms with Gasteiger partial charge >= 0.3 is 0 Å². The third-order valence-corrected chi connectivity index (χ3v) is 3.08. The standard InChI is InChI=1S/C11H24N2/c1-2-9-13-10-8-11(12)6-4-3-5-7-11/h13H,2-10,12H2,1H3. The van der Waals surface area contributed by atoms with Gasteiger partial charge in [0.2, 0.25) is 0 Å². The maximum atomic E-state index is 6.30. The van der Waals surface area contributed by atoms with Crippen molar-refractivity contribution in [2.24, 2.45) is 5.73 Å². The Morgan fingerprint density at radius 2 is 1.85 bits per heavy atom. The molecule has 0 aromatic carbocycles. The number of nitrogens with one attached hydrogen (secondary N) is 1. The van der Waals surface area contributed by atoms with Gasteiger partial charge in [0.05, 0.1) is 0 Å². The highest BCUT2D eigenvalue weighted by Crippen LogP contribution is 2.28. The Morgan fingerprint density at radius 1 is 1.15 bits per heavy atom. The Hall–Kier alpha value is -0.0800. The second-order valence-corrected chi connectivity index (χ2v) is 4.42. The van der Waals surface area contributed by atoms with Crippen LogP contribution in [0.15, 0.2) is 0 Å². The second-order valence-electron chi connectivity index (χ2n) is 4.42. The second kappa shape index (κ2) is 5.61. The molecule has 0 aromatic rings. The monoisotopic (exact) mass is 184 g/mol. The molecule has 3 N–H and O–H groups in total. The van der Waals surface area contributed by atoms with Crippen LogP contribution in [0.1, 0.15) is 51.9 Å². The lowest BCUT2D eigenvalue weighted by Gasteiger charge is -2.33. The molecule has 0 unspecified atom stereocenters. The van der Waals surface area contributed by atoms with Crippen molar-refractivity contribution in [2.75, 3.05) is 13.1 Å². The van der Waals surface area contributed by atoms with E-state index in [0.29, 0.717) is 0 Å². The van der Waals surface area contributed by atoms with E-state index in [0.717, 1.165) is 19.5 Å². The summed E-state index contributed by atoms with van der Waals surface area (Å²) in [5, 5.41) is 3.43. The van der Waals surface area contributed by atoms with Gasteiger partial charge in [-0.2, -0.15) is 0 Å². The number of hydrogen-bond donors (Lipinski definition) is 2. The summed E-state index contributed by atoms with van der Waals surface area (Å²) in [4.78, 5) is 0.